The monoisotopic (exact) mass is 235 g/mol. The van der Waals surface area contributed by atoms with E-state index in [2.05, 4.69) is 4.98 Å². The van der Waals surface area contributed by atoms with Crippen molar-refractivity contribution < 1.29 is 4.39 Å². The van der Waals surface area contributed by atoms with Gasteiger partial charge in [-0.2, -0.15) is 0 Å². The van der Waals surface area contributed by atoms with Crippen molar-refractivity contribution in [2.45, 2.75) is 12.8 Å². The van der Waals surface area contributed by atoms with Gasteiger partial charge >= 0.3 is 0 Å². The quantitative estimate of drug-likeness (QED) is 0.719. The topological polar surface area (TPSA) is 12.9 Å². The molecule has 1 heterocycles. The molecule has 0 radical (unpaired) electrons. The van der Waals surface area contributed by atoms with E-state index in [0.29, 0.717) is 11.4 Å². The summed E-state index contributed by atoms with van der Waals surface area (Å²) in [5.74, 6) is 0.0794. The van der Waals surface area contributed by atoms with Gasteiger partial charge in [-0.15, -0.1) is 11.6 Å². The molecule has 3 heteroatoms. The molecule has 0 bridgehead atoms. The minimum absolute atomic E-state index is 0.247. The zero-order valence-electron chi connectivity index (χ0n) is 8.87. The Morgan fingerprint density at radius 2 is 2.06 bits per heavy atom. The van der Waals surface area contributed by atoms with E-state index in [1.165, 1.54) is 6.07 Å². The van der Waals surface area contributed by atoms with Gasteiger partial charge in [0.15, 0.2) is 0 Å². The van der Waals surface area contributed by atoms with Crippen molar-refractivity contribution in [1.29, 1.82) is 0 Å². The first-order valence-electron chi connectivity index (χ1n) is 4.98. The van der Waals surface area contributed by atoms with E-state index in [0.717, 1.165) is 16.8 Å². The smallest absolute Gasteiger partial charge is 0.131 e. The fraction of sp³-hybridized carbons (Fsp3) is 0.154. The lowest BCUT2D eigenvalue weighted by atomic mass is 10.0. The van der Waals surface area contributed by atoms with Gasteiger partial charge < -0.3 is 0 Å². The Hall–Kier alpha value is -1.41. The highest BCUT2D eigenvalue weighted by Gasteiger charge is 2.06. The minimum atomic E-state index is -0.247. The zero-order valence-corrected chi connectivity index (χ0v) is 9.63. The molecule has 1 nitrogen and oxygen atoms in total. The highest BCUT2D eigenvalue weighted by molar-refractivity contribution is 6.17. The number of nitrogens with zero attached hydrogens (tertiary/aromatic N) is 1. The largest absolute Gasteiger partial charge is 0.262 e. The Morgan fingerprint density at radius 1 is 1.25 bits per heavy atom. The molecule has 0 aliphatic rings. The molecule has 0 amide bonds. The second-order valence-electron chi connectivity index (χ2n) is 3.63. The molecular formula is C13H11ClFN. The van der Waals surface area contributed by atoms with E-state index >= 15 is 0 Å². The molecule has 0 aliphatic carbocycles. The average Bonchev–Trinajstić information content (AvgIpc) is 2.28. The van der Waals surface area contributed by atoms with Crippen molar-refractivity contribution >= 4 is 11.6 Å². The number of hydrogen-bond donors (Lipinski definition) is 0. The van der Waals surface area contributed by atoms with Crippen LogP contribution in [0.2, 0.25) is 0 Å². The number of aromatic nitrogens is 1. The normalized spacial score (nSPS) is 10.4. The second kappa shape index (κ2) is 4.62. The predicted molar refractivity (Wildman–Crippen MR) is 63.9 cm³/mol. The summed E-state index contributed by atoms with van der Waals surface area (Å²) in [6.45, 7) is 1.88. The van der Waals surface area contributed by atoms with Crippen molar-refractivity contribution in [2.24, 2.45) is 0 Å². The third kappa shape index (κ3) is 2.22. The summed E-state index contributed by atoms with van der Waals surface area (Å²) in [6, 6.07) is 8.71. The molecule has 0 N–H and O–H groups in total. The molecule has 82 valence electrons. The van der Waals surface area contributed by atoms with Crippen LogP contribution in [0.5, 0.6) is 0 Å². The van der Waals surface area contributed by atoms with Crippen LogP contribution in [0.1, 0.15) is 11.3 Å². The third-order valence-electron chi connectivity index (χ3n) is 2.40. The van der Waals surface area contributed by atoms with Crippen molar-refractivity contribution in [1.82, 2.24) is 4.98 Å². The van der Waals surface area contributed by atoms with Gasteiger partial charge in [0.1, 0.15) is 5.82 Å². The van der Waals surface area contributed by atoms with Gasteiger partial charge in [-0.1, -0.05) is 12.1 Å². The van der Waals surface area contributed by atoms with Gasteiger partial charge in [0.25, 0.3) is 0 Å². The van der Waals surface area contributed by atoms with Crippen LogP contribution in [-0.2, 0) is 5.88 Å². The number of halogens is 2. The molecule has 0 aliphatic heterocycles. The average molecular weight is 236 g/mol. The highest BCUT2D eigenvalue weighted by Crippen LogP contribution is 2.24. The lowest BCUT2D eigenvalue weighted by Gasteiger charge is -2.05. The summed E-state index contributed by atoms with van der Waals surface area (Å²) in [4.78, 5) is 4.09. The van der Waals surface area contributed by atoms with E-state index in [-0.39, 0.29) is 5.82 Å². The molecule has 2 rings (SSSR count). The molecule has 16 heavy (non-hydrogen) atoms. The van der Waals surface area contributed by atoms with E-state index in [1.807, 2.05) is 19.1 Å². The van der Waals surface area contributed by atoms with Crippen LogP contribution in [0.3, 0.4) is 0 Å². The first kappa shape index (κ1) is 11.1. The molecule has 0 saturated carbocycles. The lowest BCUT2D eigenvalue weighted by molar-refractivity contribution is 0.630. The summed E-state index contributed by atoms with van der Waals surface area (Å²) in [7, 11) is 0. The molecule has 1 aromatic carbocycles. The standard InChI is InChI=1S/C13H11ClFN/c1-9-6-11(4-5-16-9)12-3-2-10(8-14)7-13(12)15/h2-7H,8H2,1H3. The van der Waals surface area contributed by atoms with E-state index < -0.39 is 0 Å². The number of pyridine rings is 1. The second-order valence-corrected chi connectivity index (χ2v) is 3.90. The number of alkyl halides is 1. The first-order chi connectivity index (χ1) is 7.70. The Labute approximate surface area is 98.9 Å². The van der Waals surface area contributed by atoms with Gasteiger partial charge in [0, 0.05) is 23.3 Å². The van der Waals surface area contributed by atoms with Crippen LogP contribution in [-0.4, -0.2) is 4.98 Å². The fourth-order valence-corrected chi connectivity index (χ4v) is 1.76. The number of aryl methyl sites for hydroxylation is 1. The first-order valence-corrected chi connectivity index (χ1v) is 5.51. The number of rotatable bonds is 2. The maximum atomic E-state index is 13.8. The van der Waals surface area contributed by atoms with Crippen LogP contribution in [0.15, 0.2) is 36.5 Å². The summed E-state index contributed by atoms with van der Waals surface area (Å²) in [5.41, 5.74) is 3.08. The van der Waals surface area contributed by atoms with Crippen molar-refractivity contribution in [3.05, 3.63) is 53.6 Å². The zero-order chi connectivity index (χ0) is 11.5. The van der Waals surface area contributed by atoms with E-state index in [9.17, 15) is 4.39 Å². The van der Waals surface area contributed by atoms with Crippen LogP contribution in [0.25, 0.3) is 11.1 Å². The summed E-state index contributed by atoms with van der Waals surface area (Å²) in [6.07, 6.45) is 1.68. The van der Waals surface area contributed by atoms with Crippen LogP contribution >= 0.6 is 11.6 Å². The van der Waals surface area contributed by atoms with Gasteiger partial charge in [-0.05, 0) is 36.2 Å². The maximum absolute atomic E-state index is 13.8. The van der Waals surface area contributed by atoms with Crippen LogP contribution in [0, 0.1) is 12.7 Å². The van der Waals surface area contributed by atoms with E-state index in [4.69, 9.17) is 11.6 Å². The summed E-state index contributed by atoms with van der Waals surface area (Å²) in [5, 5.41) is 0. The summed E-state index contributed by atoms with van der Waals surface area (Å²) < 4.78 is 13.8. The molecule has 0 unspecified atom stereocenters. The van der Waals surface area contributed by atoms with Gasteiger partial charge in [-0.25, -0.2) is 4.39 Å². The lowest BCUT2D eigenvalue weighted by Crippen LogP contribution is -1.89. The fourth-order valence-electron chi connectivity index (χ4n) is 1.59. The Kier molecular flexibility index (Phi) is 3.20. The maximum Gasteiger partial charge on any atom is 0.131 e. The van der Waals surface area contributed by atoms with Crippen LogP contribution in [0.4, 0.5) is 4.39 Å². The Balaban J connectivity index is 2.48. The minimum Gasteiger partial charge on any atom is -0.262 e. The molecule has 0 saturated heterocycles. The van der Waals surface area contributed by atoms with Crippen molar-refractivity contribution in [3.63, 3.8) is 0 Å². The van der Waals surface area contributed by atoms with E-state index in [1.54, 1.807) is 18.3 Å². The molecule has 2 aromatic rings. The van der Waals surface area contributed by atoms with Gasteiger partial charge in [0.2, 0.25) is 0 Å². The van der Waals surface area contributed by atoms with Crippen LogP contribution < -0.4 is 0 Å². The van der Waals surface area contributed by atoms with Gasteiger partial charge in [-0.3, -0.25) is 4.98 Å². The number of hydrogen-bond acceptors (Lipinski definition) is 1. The SMILES string of the molecule is Cc1cc(-c2ccc(CCl)cc2F)ccn1. The molecule has 0 fully saturated rings. The summed E-state index contributed by atoms with van der Waals surface area (Å²) >= 11 is 5.65. The third-order valence-corrected chi connectivity index (χ3v) is 2.70. The van der Waals surface area contributed by atoms with Crippen molar-refractivity contribution in [3.8, 4) is 11.1 Å². The molecular weight excluding hydrogens is 225 g/mol. The number of benzene rings is 1. The molecule has 0 atom stereocenters. The highest BCUT2D eigenvalue weighted by atomic mass is 35.5. The molecule has 0 spiro atoms. The Bertz CT molecular complexity index is 511. The predicted octanol–water partition coefficient (Wildman–Crippen LogP) is 3.93. The Morgan fingerprint density at radius 3 is 2.69 bits per heavy atom. The van der Waals surface area contributed by atoms with Gasteiger partial charge in [0.05, 0.1) is 0 Å². The molecule has 1 aromatic heterocycles. The van der Waals surface area contributed by atoms with Crippen molar-refractivity contribution in [2.75, 3.05) is 0 Å².